The maximum atomic E-state index is 12.2. The van der Waals surface area contributed by atoms with Crippen LogP contribution in [0.15, 0.2) is 18.2 Å². The fraction of sp³-hybridized carbons (Fsp3) is 0.375. The van der Waals surface area contributed by atoms with E-state index in [1.54, 1.807) is 18.2 Å². The van der Waals surface area contributed by atoms with Gasteiger partial charge in [0, 0.05) is 6.54 Å². The molecule has 0 saturated heterocycles. The molecule has 1 aromatic rings. The number of amides is 1. The highest BCUT2D eigenvalue weighted by Gasteiger charge is 2.38. The molecule has 10 heteroatoms. The quantitative estimate of drug-likeness (QED) is 0.769. The summed E-state index contributed by atoms with van der Waals surface area (Å²) in [5, 5.41) is 1.81. The molecule has 0 aliphatic carbocycles. The number of benzene rings is 1. The number of alkyl halides is 3. The lowest BCUT2D eigenvalue weighted by Crippen LogP contribution is -2.37. The molecule has 1 aromatic carbocycles. The Kier molecular flexibility index (Phi) is 6.31. The van der Waals surface area contributed by atoms with Gasteiger partial charge < -0.3 is 24.3 Å². The number of methoxy groups -OCH3 is 1. The van der Waals surface area contributed by atoms with Crippen LogP contribution in [0.25, 0.3) is 6.08 Å². The Morgan fingerprint density at radius 3 is 2.62 bits per heavy atom. The van der Waals surface area contributed by atoms with Crippen LogP contribution in [-0.4, -0.2) is 45.3 Å². The van der Waals surface area contributed by atoms with Crippen molar-refractivity contribution in [2.24, 2.45) is 0 Å². The van der Waals surface area contributed by atoms with Crippen molar-refractivity contribution in [2.75, 3.05) is 27.1 Å². The Morgan fingerprint density at radius 2 is 1.96 bits per heavy atom. The van der Waals surface area contributed by atoms with E-state index in [0.29, 0.717) is 22.6 Å². The molecule has 2 rings (SSSR count). The van der Waals surface area contributed by atoms with Crippen molar-refractivity contribution in [1.82, 2.24) is 5.32 Å². The lowest BCUT2D eigenvalue weighted by Gasteiger charge is -2.10. The molecule has 1 aliphatic heterocycles. The molecular weight excluding hydrogens is 359 g/mol. The van der Waals surface area contributed by atoms with E-state index >= 15 is 0 Å². The summed E-state index contributed by atoms with van der Waals surface area (Å²) < 4.78 is 56.2. The molecule has 26 heavy (non-hydrogen) atoms. The summed E-state index contributed by atoms with van der Waals surface area (Å²) in [6, 6.07) is 3.28. The first-order valence-electron chi connectivity index (χ1n) is 7.46. The van der Waals surface area contributed by atoms with Crippen molar-refractivity contribution in [1.29, 1.82) is 0 Å². The lowest BCUT2D eigenvalue weighted by molar-refractivity contribution is -0.173. The second-order valence-electron chi connectivity index (χ2n) is 5.08. The Hall–Kier alpha value is -2.91. The summed E-state index contributed by atoms with van der Waals surface area (Å²) in [6.45, 7) is -0.221. The molecule has 0 aromatic heterocycles. The number of carbonyl (C=O) groups excluding carboxylic acids is 2. The zero-order valence-corrected chi connectivity index (χ0v) is 13.7. The van der Waals surface area contributed by atoms with Crippen molar-refractivity contribution in [3.05, 3.63) is 29.3 Å². The van der Waals surface area contributed by atoms with Crippen LogP contribution in [0.1, 0.15) is 11.1 Å². The highest BCUT2D eigenvalue weighted by molar-refractivity contribution is 5.81. The first kappa shape index (κ1) is 19.4. The Labute approximate surface area is 146 Å². The fourth-order valence-corrected chi connectivity index (χ4v) is 2.13. The second kappa shape index (κ2) is 8.45. The first-order chi connectivity index (χ1) is 12.3. The molecule has 0 radical (unpaired) electrons. The van der Waals surface area contributed by atoms with Crippen LogP contribution in [0, 0.1) is 0 Å². The predicted molar refractivity (Wildman–Crippen MR) is 82.7 cm³/mol. The van der Waals surface area contributed by atoms with Crippen molar-refractivity contribution in [3.8, 4) is 11.5 Å². The zero-order chi connectivity index (χ0) is 19.2. The van der Waals surface area contributed by atoms with Gasteiger partial charge in [0.25, 0.3) is 0 Å². The minimum absolute atomic E-state index is 0.0399. The average Bonchev–Trinajstić information content (AvgIpc) is 3.04. The lowest BCUT2D eigenvalue weighted by atomic mass is 10.0. The van der Waals surface area contributed by atoms with Crippen LogP contribution < -0.4 is 14.8 Å². The third kappa shape index (κ3) is 5.30. The topological polar surface area (TPSA) is 83.1 Å². The summed E-state index contributed by atoms with van der Waals surface area (Å²) in [5.41, 5.74) is 1.26. The zero-order valence-electron chi connectivity index (χ0n) is 13.7. The van der Waals surface area contributed by atoms with Gasteiger partial charge >= 0.3 is 18.2 Å². The van der Waals surface area contributed by atoms with E-state index < -0.39 is 18.2 Å². The molecular formula is C16H16F3NO6. The molecule has 1 heterocycles. The Bertz CT molecular complexity index is 702. The normalized spacial score (nSPS) is 12.9. The molecule has 7 nitrogen and oxygen atoms in total. The molecule has 0 atom stereocenters. The van der Waals surface area contributed by atoms with E-state index in [-0.39, 0.29) is 26.4 Å². The van der Waals surface area contributed by atoms with Crippen molar-refractivity contribution in [2.45, 2.75) is 12.6 Å². The smallest absolute Gasteiger partial charge is 0.454 e. The number of nitrogens with one attached hydrogen (secondary N) is 1. The summed E-state index contributed by atoms with van der Waals surface area (Å²) in [5.74, 6) is -1.05. The maximum Gasteiger partial charge on any atom is 0.508 e. The van der Waals surface area contributed by atoms with Gasteiger partial charge in [0.15, 0.2) is 11.5 Å². The van der Waals surface area contributed by atoms with Crippen LogP contribution in [0.3, 0.4) is 0 Å². The van der Waals surface area contributed by atoms with Crippen LogP contribution in [0.2, 0.25) is 0 Å². The van der Waals surface area contributed by atoms with E-state index in [1.165, 1.54) is 13.2 Å². The van der Waals surface area contributed by atoms with Crippen molar-refractivity contribution >= 4 is 18.1 Å². The van der Waals surface area contributed by atoms with Crippen LogP contribution in [0.5, 0.6) is 11.5 Å². The average molecular weight is 375 g/mol. The van der Waals surface area contributed by atoms with E-state index in [0.717, 1.165) is 0 Å². The highest BCUT2D eigenvalue weighted by Crippen LogP contribution is 2.35. The third-order valence-corrected chi connectivity index (χ3v) is 3.33. The monoisotopic (exact) mass is 375 g/mol. The second-order valence-corrected chi connectivity index (χ2v) is 5.08. The van der Waals surface area contributed by atoms with Gasteiger partial charge in [-0.25, -0.2) is 4.79 Å². The molecule has 1 aliphatic rings. The molecule has 0 saturated carbocycles. The van der Waals surface area contributed by atoms with Gasteiger partial charge in [-0.2, -0.15) is 13.2 Å². The maximum absolute atomic E-state index is 12.2. The predicted octanol–water partition coefficient (Wildman–Crippen LogP) is 2.43. The van der Waals surface area contributed by atoms with Crippen LogP contribution in [0.4, 0.5) is 18.0 Å². The van der Waals surface area contributed by atoms with E-state index in [9.17, 15) is 22.8 Å². The molecule has 1 N–H and O–H groups in total. The van der Waals surface area contributed by atoms with Crippen molar-refractivity contribution < 1.29 is 41.7 Å². The number of fused-ring (bicyclic) bond motifs is 1. The fourth-order valence-electron chi connectivity index (χ4n) is 2.13. The van der Waals surface area contributed by atoms with Gasteiger partial charge in [0.05, 0.1) is 7.11 Å². The number of rotatable bonds is 6. The highest BCUT2D eigenvalue weighted by atomic mass is 19.4. The molecule has 0 fully saturated rings. The summed E-state index contributed by atoms with van der Waals surface area (Å²) in [4.78, 5) is 21.8. The van der Waals surface area contributed by atoms with E-state index in [2.05, 4.69) is 4.74 Å². The molecule has 0 bridgehead atoms. The number of hydrogen-bond donors (Lipinski definition) is 1. The number of halogens is 3. The third-order valence-electron chi connectivity index (χ3n) is 3.33. The number of ether oxygens (including phenoxy) is 4. The first-order valence-corrected chi connectivity index (χ1v) is 7.46. The molecule has 0 spiro atoms. The van der Waals surface area contributed by atoms with Crippen molar-refractivity contribution in [3.63, 3.8) is 0 Å². The number of hydrogen-bond acceptors (Lipinski definition) is 6. The van der Waals surface area contributed by atoms with Gasteiger partial charge in [0.2, 0.25) is 6.79 Å². The summed E-state index contributed by atoms with van der Waals surface area (Å²) in [6.07, 6.45) is -2.48. The standard InChI is InChI=1S/C16H16F3NO6/c1-23-15(22)24-6-2-3-10-7-12-13(26-9-25-12)8-11(10)4-5-20-14(21)16(17,18)19/h2-3,7-8H,4-6,9H2,1H3,(H,20,21)/b3-2+. The van der Waals surface area contributed by atoms with Gasteiger partial charge in [-0.15, -0.1) is 0 Å². The number of carbonyl (C=O) groups is 2. The Balaban J connectivity index is 2.05. The van der Waals surface area contributed by atoms with E-state index in [4.69, 9.17) is 14.2 Å². The Morgan fingerprint density at radius 1 is 1.27 bits per heavy atom. The van der Waals surface area contributed by atoms with Gasteiger partial charge in [0.1, 0.15) is 6.61 Å². The summed E-state index contributed by atoms with van der Waals surface area (Å²) in [7, 11) is 1.18. The summed E-state index contributed by atoms with van der Waals surface area (Å²) >= 11 is 0. The van der Waals surface area contributed by atoms with E-state index in [1.807, 2.05) is 5.32 Å². The van der Waals surface area contributed by atoms with Gasteiger partial charge in [-0.05, 0) is 35.8 Å². The SMILES string of the molecule is COC(=O)OC/C=C/c1cc2c(cc1CCNC(=O)C(F)(F)F)OCO2. The molecule has 1 amide bonds. The van der Waals surface area contributed by atoms with Crippen LogP contribution in [-0.2, 0) is 20.7 Å². The largest absolute Gasteiger partial charge is 0.508 e. The molecule has 142 valence electrons. The van der Waals surface area contributed by atoms with Crippen LogP contribution >= 0.6 is 0 Å². The minimum Gasteiger partial charge on any atom is -0.454 e. The van der Waals surface area contributed by atoms with Gasteiger partial charge in [-0.3, -0.25) is 4.79 Å². The minimum atomic E-state index is -4.93. The molecule has 0 unspecified atom stereocenters. The van der Waals surface area contributed by atoms with Gasteiger partial charge in [-0.1, -0.05) is 6.08 Å².